The van der Waals surface area contributed by atoms with Crippen molar-refractivity contribution in [2.24, 2.45) is 0 Å². The first kappa shape index (κ1) is 19.7. The van der Waals surface area contributed by atoms with Crippen LogP contribution >= 0.6 is 43.6 Å². The van der Waals surface area contributed by atoms with Crippen molar-refractivity contribution in [3.63, 3.8) is 0 Å². The Morgan fingerprint density at radius 3 is 2.54 bits per heavy atom. The highest BCUT2D eigenvalue weighted by atomic mass is 79.9. The van der Waals surface area contributed by atoms with E-state index in [1.54, 1.807) is 0 Å². The Kier molecular flexibility index (Phi) is 7.01. The van der Waals surface area contributed by atoms with Crippen molar-refractivity contribution < 1.29 is 0 Å². The maximum Gasteiger partial charge on any atom is 0.0946 e. The highest BCUT2D eigenvalue weighted by molar-refractivity contribution is 9.10. The first-order chi connectivity index (χ1) is 12.5. The third-order valence-electron chi connectivity index (χ3n) is 4.47. The summed E-state index contributed by atoms with van der Waals surface area (Å²) >= 11 is 9.21. The third kappa shape index (κ3) is 5.73. The number of benzene rings is 2. The average molecular weight is 494 g/mol. The third-order valence-corrected chi connectivity index (χ3v) is 7.25. The molecule has 0 aliphatic rings. The molecule has 1 atom stereocenters. The summed E-state index contributed by atoms with van der Waals surface area (Å²) < 4.78 is 4.63. The van der Waals surface area contributed by atoms with Gasteiger partial charge in [0.25, 0.3) is 0 Å². The zero-order chi connectivity index (χ0) is 18.4. The molecule has 0 fully saturated rings. The lowest BCUT2D eigenvalue weighted by atomic mass is 10.00. The predicted octanol–water partition coefficient (Wildman–Crippen LogP) is 6.73. The molecule has 3 rings (SSSR count). The van der Waals surface area contributed by atoms with Gasteiger partial charge in [-0.2, -0.15) is 0 Å². The van der Waals surface area contributed by atoms with Crippen LogP contribution in [0, 0.1) is 0 Å². The van der Waals surface area contributed by atoms with E-state index in [4.69, 9.17) is 0 Å². The summed E-state index contributed by atoms with van der Waals surface area (Å²) in [6, 6.07) is 17.1. The molecule has 5 heteroatoms. The van der Waals surface area contributed by atoms with E-state index in [1.807, 2.05) is 24.3 Å². The second kappa shape index (κ2) is 9.25. The molecule has 2 nitrogen and oxygen atoms in total. The largest absolute Gasteiger partial charge is 0.336 e. The summed E-state index contributed by atoms with van der Waals surface area (Å²) in [5.74, 6) is 0.993. The van der Waals surface area contributed by atoms with Crippen LogP contribution in [0.1, 0.15) is 24.5 Å². The minimum atomic E-state index is 0.128. The molecule has 1 unspecified atom stereocenters. The zero-order valence-electron chi connectivity index (χ0n) is 14.7. The second-order valence-corrected chi connectivity index (χ2v) is 10.0. The van der Waals surface area contributed by atoms with Gasteiger partial charge < -0.3 is 4.57 Å². The number of hydrogen-bond acceptors (Lipinski definition) is 2. The minimum Gasteiger partial charge on any atom is -0.336 e. The lowest BCUT2D eigenvalue weighted by Crippen LogP contribution is -2.27. The maximum atomic E-state index is 4.21. The number of hydrogen-bond donors (Lipinski definition) is 0. The quantitative estimate of drug-likeness (QED) is 0.346. The van der Waals surface area contributed by atoms with Crippen molar-refractivity contribution in [2.75, 3.05) is 0 Å². The molecule has 0 N–H and O–H groups in total. The van der Waals surface area contributed by atoms with E-state index < -0.39 is 0 Å². The van der Waals surface area contributed by atoms with Crippen LogP contribution in [0.15, 0.2) is 76.2 Å². The molecule has 2 aromatic carbocycles. The summed E-state index contributed by atoms with van der Waals surface area (Å²) in [6.45, 7) is 3.33. The van der Waals surface area contributed by atoms with E-state index in [0.29, 0.717) is 0 Å². The van der Waals surface area contributed by atoms with Crippen molar-refractivity contribution in [3.05, 3.63) is 87.3 Å². The highest BCUT2D eigenvalue weighted by Crippen LogP contribution is 2.36. The molecule has 136 valence electrons. The molecule has 0 aliphatic carbocycles. The number of thioether (sulfide) groups is 1. The van der Waals surface area contributed by atoms with Gasteiger partial charge >= 0.3 is 0 Å². The fourth-order valence-electron chi connectivity index (χ4n) is 2.89. The van der Waals surface area contributed by atoms with E-state index in [9.17, 15) is 0 Å². The van der Waals surface area contributed by atoms with Gasteiger partial charge in [-0.3, -0.25) is 0 Å². The minimum absolute atomic E-state index is 0.128. The Bertz CT molecular complexity index is 818. The fourth-order valence-corrected chi connectivity index (χ4v) is 5.01. The summed E-state index contributed by atoms with van der Waals surface area (Å²) in [5, 5.41) is 0. The Labute approximate surface area is 176 Å². The van der Waals surface area contributed by atoms with Gasteiger partial charge in [-0.25, -0.2) is 4.98 Å². The van der Waals surface area contributed by atoms with Crippen LogP contribution in [0.3, 0.4) is 0 Å². The van der Waals surface area contributed by atoms with E-state index in [0.717, 1.165) is 29.6 Å². The number of halogens is 2. The van der Waals surface area contributed by atoms with Crippen molar-refractivity contribution in [2.45, 2.75) is 36.8 Å². The van der Waals surface area contributed by atoms with Gasteiger partial charge in [0.1, 0.15) is 0 Å². The van der Waals surface area contributed by atoms with E-state index >= 15 is 0 Å². The lowest BCUT2D eigenvalue weighted by Gasteiger charge is -2.30. The Morgan fingerprint density at radius 1 is 1.08 bits per heavy atom. The molecule has 3 aromatic rings. The summed E-state index contributed by atoms with van der Waals surface area (Å²) in [4.78, 5) is 4.21. The normalized spacial score (nSPS) is 13.5. The van der Waals surface area contributed by atoms with E-state index in [-0.39, 0.29) is 4.75 Å². The SMILES string of the molecule is CC(CCc1ccc(Br)cc1)(Cn1ccnc1)SCc1ccccc1Br. The molecule has 0 spiro atoms. The second-order valence-electron chi connectivity index (χ2n) is 6.69. The van der Waals surface area contributed by atoms with Gasteiger partial charge in [0, 0.05) is 38.4 Å². The zero-order valence-corrected chi connectivity index (χ0v) is 18.7. The molecule has 0 saturated carbocycles. The molecule has 1 aromatic heterocycles. The van der Waals surface area contributed by atoms with E-state index in [2.05, 4.69) is 103 Å². The van der Waals surface area contributed by atoms with Gasteiger partial charge in [-0.05, 0) is 49.1 Å². The molecule has 0 radical (unpaired) electrons. The molecule has 26 heavy (non-hydrogen) atoms. The molecule has 1 heterocycles. The molecule has 0 amide bonds. The number of aryl methyl sites for hydroxylation is 1. The van der Waals surface area contributed by atoms with Gasteiger partial charge in [0.2, 0.25) is 0 Å². The summed E-state index contributed by atoms with van der Waals surface area (Å²) in [5.41, 5.74) is 2.73. The van der Waals surface area contributed by atoms with Gasteiger partial charge in [0.05, 0.1) is 6.33 Å². The topological polar surface area (TPSA) is 17.8 Å². The smallest absolute Gasteiger partial charge is 0.0946 e. The van der Waals surface area contributed by atoms with E-state index in [1.165, 1.54) is 15.6 Å². The average Bonchev–Trinajstić information content (AvgIpc) is 3.13. The summed E-state index contributed by atoms with van der Waals surface area (Å²) in [7, 11) is 0. The lowest BCUT2D eigenvalue weighted by molar-refractivity contribution is 0.495. The van der Waals surface area contributed by atoms with Crippen molar-refractivity contribution in [1.82, 2.24) is 9.55 Å². The first-order valence-corrected chi connectivity index (χ1v) is 11.2. The fraction of sp³-hybridized carbons (Fsp3) is 0.286. The van der Waals surface area contributed by atoms with Crippen LogP contribution in [0.25, 0.3) is 0 Å². The number of imidazole rings is 1. The van der Waals surface area contributed by atoms with Crippen LogP contribution in [0.5, 0.6) is 0 Å². The molecule has 0 aliphatic heterocycles. The van der Waals surface area contributed by atoms with Crippen LogP contribution in [-0.2, 0) is 18.7 Å². The summed E-state index contributed by atoms with van der Waals surface area (Å²) in [6.07, 6.45) is 8.00. The molecule has 0 bridgehead atoms. The highest BCUT2D eigenvalue weighted by Gasteiger charge is 2.25. The van der Waals surface area contributed by atoms with Crippen LogP contribution in [0.2, 0.25) is 0 Å². The Balaban J connectivity index is 1.70. The number of aromatic nitrogens is 2. The molecular weight excluding hydrogens is 472 g/mol. The molecule has 0 saturated heterocycles. The predicted molar refractivity (Wildman–Crippen MR) is 119 cm³/mol. The number of nitrogens with zero attached hydrogens (tertiary/aromatic N) is 2. The van der Waals surface area contributed by atoms with Crippen molar-refractivity contribution in [3.8, 4) is 0 Å². The van der Waals surface area contributed by atoms with Crippen LogP contribution in [-0.4, -0.2) is 14.3 Å². The van der Waals surface area contributed by atoms with Crippen LogP contribution < -0.4 is 0 Å². The maximum absolute atomic E-state index is 4.21. The van der Waals surface area contributed by atoms with Gasteiger partial charge in [0.15, 0.2) is 0 Å². The molecular formula is C21H22Br2N2S. The Hall–Kier alpha value is -1.04. The van der Waals surface area contributed by atoms with Gasteiger partial charge in [-0.1, -0.05) is 62.2 Å². The van der Waals surface area contributed by atoms with Crippen molar-refractivity contribution in [1.29, 1.82) is 0 Å². The monoisotopic (exact) mass is 492 g/mol. The first-order valence-electron chi connectivity index (χ1n) is 8.62. The number of rotatable bonds is 8. The van der Waals surface area contributed by atoms with Gasteiger partial charge in [-0.15, -0.1) is 11.8 Å². The van der Waals surface area contributed by atoms with Crippen molar-refractivity contribution >= 4 is 43.6 Å². The van der Waals surface area contributed by atoms with Crippen LogP contribution in [0.4, 0.5) is 0 Å². The Morgan fingerprint density at radius 2 is 1.85 bits per heavy atom. The standard InChI is InChI=1S/C21H22Br2N2S/c1-21(15-25-13-12-24-16-25,11-10-17-6-8-19(22)9-7-17)26-14-18-4-2-3-5-20(18)23/h2-9,12-13,16H,10-11,14-15H2,1H3.